The van der Waals surface area contributed by atoms with Gasteiger partial charge in [-0.2, -0.15) is 0 Å². The molecule has 5 heteroatoms. The van der Waals surface area contributed by atoms with Crippen LogP contribution in [0.4, 0.5) is 5.69 Å². The number of halogens is 1. The van der Waals surface area contributed by atoms with E-state index in [0.717, 1.165) is 5.56 Å². The number of rotatable bonds is 2. The summed E-state index contributed by atoms with van der Waals surface area (Å²) in [5.74, 6) is -0.243. The van der Waals surface area contributed by atoms with Gasteiger partial charge in [-0.3, -0.25) is 4.79 Å². The normalized spacial score (nSPS) is 10.3. The van der Waals surface area contributed by atoms with Crippen LogP contribution in [-0.2, 0) is 0 Å². The van der Waals surface area contributed by atoms with Crippen molar-refractivity contribution in [1.82, 2.24) is 4.98 Å². The number of benzene rings is 1. The molecule has 1 amide bonds. The van der Waals surface area contributed by atoms with Crippen LogP contribution in [0.5, 0.6) is 5.75 Å². The molecule has 1 heterocycles. The van der Waals surface area contributed by atoms with E-state index >= 15 is 0 Å². The second-order valence-electron chi connectivity index (χ2n) is 4.20. The Labute approximate surface area is 116 Å². The molecule has 2 rings (SSSR count). The molecule has 0 atom stereocenters. The second kappa shape index (κ2) is 5.28. The van der Waals surface area contributed by atoms with E-state index in [2.05, 4.69) is 10.3 Å². The summed E-state index contributed by atoms with van der Waals surface area (Å²) in [5, 5.41) is 12.6. The van der Waals surface area contributed by atoms with E-state index in [1.165, 1.54) is 6.07 Å². The fourth-order valence-electron chi connectivity index (χ4n) is 1.73. The molecule has 2 N–H and O–H groups in total. The summed E-state index contributed by atoms with van der Waals surface area (Å²) >= 11 is 5.96. The molecular weight excluding hydrogens is 264 g/mol. The van der Waals surface area contributed by atoms with Crippen LogP contribution in [0.15, 0.2) is 30.5 Å². The van der Waals surface area contributed by atoms with Crippen LogP contribution >= 0.6 is 11.6 Å². The zero-order valence-corrected chi connectivity index (χ0v) is 11.3. The number of pyridine rings is 1. The summed E-state index contributed by atoms with van der Waals surface area (Å²) in [4.78, 5) is 16.1. The molecule has 0 radical (unpaired) electrons. The summed E-state index contributed by atoms with van der Waals surface area (Å²) < 4.78 is 0. The largest absolute Gasteiger partial charge is 0.508 e. The number of aryl methyl sites for hydroxylation is 1. The first-order valence-electron chi connectivity index (χ1n) is 5.71. The molecule has 0 unspecified atom stereocenters. The van der Waals surface area contributed by atoms with Crippen LogP contribution in [0, 0.1) is 13.8 Å². The van der Waals surface area contributed by atoms with Gasteiger partial charge in [-0.05, 0) is 37.6 Å². The molecule has 19 heavy (non-hydrogen) atoms. The second-order valence-corrected chi connectivity index (χ2v) is 4.56. The molecule has 0 fully saturated rings. The number of carbonyl (C=O) groups is 1. The third-order valence-electron chi connectivity index (χ3n) is 2.90. The van der Waals surface area contributed by atoms with E-state index in [9.17, 15) is 9.90 Å². The van der Waals surface area contributed by atoms with E-state index < -0.39 is 0 Å². The predicted octanol–water partition coefficient (Wildman–Crippen LogP) is 3.31. The van der Waals surface area contributed by atoms with Crippen molar-refractivity contribution in [2.75, 3.05) is 5.32 Å². The number of nitrogens with zero attached hydrogens (tertiary/aromatic N) is 1. The van der Waals surface area contributed by atoms with Gasteiger partial charge in [0.2, 0.25) is 0 Å². The Hall–Kier alpha value is -2.07. The van der Waals surface area contributed by atoms with E-state index in [1.54, 1.807) is 31.3 Å². The minimum Gasteiger partial charge on any atom is -0.508 e. The lowest BCUT2D eigenvalue weighted by Gasteiger charge is -2.11. The maximum Gasteiger partial charge on any atom is 0.256 e. The van der Waals surface area contributed by atoms with Crippen molar-refractivity contribution in [2.24, 2.45) is 0 Å². The van der Waals surface area contributed by atoms with Crippen LogP contribution in [0.25, 0.3) is 0 Å². The van der Waals surface area contributed by atoms with Crippen molar-refractivity contribution in [3.63, 3.8) is 0 Å². The maximum absolute atomic E-state index is 12.2. The minimum absolute atomic E-state index is 0.0849. The molecule has 0 aliphatic carbocycles. The molecule has 1 aromatic carbocycles. The highest BCUT2D eigenvalue weighted by molar-refractivity contribution is 6.32. The third-order valence-corrected chi connectivity index (χ3v) is 3.19. The van der Waals surface area contributed by atoms with Gasteiger partial charge in [0, 0.05) is 17.3 Å². The molecule has 98 valence electrons. The molecule has 0 spiro atoms. The first kappa shape index (κ1) is 13.4. The molecule has 1 aromatic heterocycles. The van der Waals surface area contributed by atoms with E-state index in [0.29, 0.717) is 16.8 Å². The number of hydrogen-bond donors (Lipinski definition) is 2. The summed E-state index contributed by atoms with van der Waals surface area (Å²) in [6.07, 6.45) is 1.58. The van der Waals surface area contributed by atoms with E-state index in [4.69, 9.17) is 11.6 Å². The van der Waals surface area contributed by atoms with Gasteiger partial charge in [0.25, 0.3) is 5.91 Å². The monoisotopic (exact) mass is 276 g/mol. The molecule has 0 aliphatic rings. The van der Waals surface area contributed by atoms with Crippen LogP contribution in [0.1, 0.15) is 21.5 Å². The Balaban J connectivity index is 2.34. The van der Waals surface area contributed by atoms with Gasteiger partial charge in [-0.15, -0.1) is 0 Å². The topological polar surface area (TPSA) is 62.2 Å². The summed E-state index contributed by atoms with van der Waals surface area (Å²) in [5.41, 5.74) is 2.24. The van der Waals surface area contributed by atoms with Gasteiger partial charge in [-0.1, -0.05) is 17.7 Å². The average molecular weight is 277 g/mol. The van der Waals surface area contributed by atoms with Crippen molar-refractivity contribution in [3.8, 4) is 5.75 Å². The Morgan fingerprint density at radius 3 is 2.74 bits per heavy atom. The molecule has 4 nitrogen and oxygen atoms in total. The predicted molar refractivity (Wildman–Crippen MR) is 74.8 cm³/mol. The van der Waals surface area contributed by atoms with Gasteiger partial charge in [0.15, 0.2) is 5.15 Å². The number of aromatic hydroxyl groups is 1. The molecular formula is C14H13ClN2O2. The first-order chi connectivity index (χ1) is 9.00. The maximum atomic E-state index is 12.2. The quantitative estimate of drug-likeness (QED) is 0.827. The molecule has 0 bridgehead atoms. The molecule has 0 saturated heterocycles. The summed E-state index contributed by atoms with van der Waals surface area (Å²) in [6, 6.07) is 6.56. The Morgan fingerprint density at radius 1 is 1.32 bits per heavy atom. The zero-order valence-electron chi connectivity index (χ0n) is 10.6. The molecule has 0 aliphatic heterocycles. The lowest BCUT2D eigenvalue weighted by Crippen LogP contribution is -2.14. The van der Waals surface area contributed by atoms with Gasteiger partial charge in [0.1, 0.15) is 5.75 Å². The number of phenols is 1. The minimum atomic E-state index is -0.327. The van der Waals surface area contributed by atoms with E-state index in [1.807, 2.05) is 6.92 Å². The number of nitrogens with one attached hydrogen (secondary N) is 1. The first-order valence-corrected chi connectivity index (χ1v) is 6.09. The zero-order chi connectivity index (χ0) is 14.0. The third kappa shape index (κ3) is 2.69. The van der Waals surface area contributed by atoms with Gasteiger partial charge in [0.05, 0.1) is 5.69 Å². The van der Waals surface area contributed by atoms with Crippen molar-refractivity contribution >= 4 is 23.2 Å². The molecule has 2 aromatic rings. The number of carbonyl (C=O) groups excluding carboxylic acids is 1. The highest BCUT2D eigenvalue weighted by atomic mass is 35.5. The van der Waals surface area contributed by atoms with Crippen molar-refractivity contribution in [1.29, 1.82) is 0 Å². The van der Waals surface area contributed by atoms with Crippen LogP contribution in [0.2, 0.25) is 5.15 Å². The lowest BCUT2D eigenvalue weighted by atomic mass is 10.1. The number of phenolic OH excluding ortho intramolecular Hbond substituents is 1. The van der Waals surface area contributed by atoms with Gasteiger partial charge in [-0.25, -0.2) is 4.98 Å². The van der Waals surface area contributed by atoms with Crippen molar-refractivity contribution < 1.29 is 9.90 Å². The SMILES string of the molecule is Cc1ccnc(Cl)c1NC(=O)c1cccc(O)c1C. The summed E-state index contributed by atoms with van der Waals surface area (Å²) in [6.45, 7) is 3.51. The standard InChI is InChI=1S/C14H13ClN2O2/c1-8-6-7-16-13(15)12(8)17-14(19)10-4-3-5-11(18)9(10)2/h3-7,18H,1-2H3,(H,17,19). The Kier molecular flexibility index (Phi) is 3.71. The number of hydrogen-bond acceptors (Lipinski definition) is 3. The van der Waals surface area contributed by atoms with Crippen LogP contribution in [0.3, 0.4) is 0 Å². The number of amides is 1. The Morgan fingerprint density at radius 2 is 2.05 bits per heavy atom. The number of anilines is 1. The van der Waals surface area contributed by atoms with Crippen LogP contribution in [-0.4, -0.2) is 16.0 Å². The van der Waals surface area contributed by atoms with Crippen molar-refractivity contribution in [2.45, 2.75) is 13.8 Å². The number of aromatic nitrogens is 1. The van der Waals surface area contributed by atoms with E-state index in [-0.39, 0.29) is 16.8 Å². The average Bonchev–Trinajstić information content (AvgIpc) is 2.37. The van der Waals surface area contributed by atoms with Crippen molar-refractivity contribution in [3.05, 3.63) is 52.3 Å². The lowest BCUT2D eigenvalue weighted by molar-refractivity contribution is 0.102. The highest BCUT2D eigenvalue weighted by Crippen LogP contribution is 2.25. The molecule has 0 saturated carbocycles. The fraction of sp³-hybridized carbons (Fsp3) is 0.143. The highest BCUT2D eigenvalue weighted by Gasteiger charge is 2.14. The summed E-state index contributed by atoms with van der Waals surface area (Å²) in [7, 11) is 0. The van der Waals surface area contributed by atoms with Crippen LogP contribution < -0.4 is 5.32 Å². The fourth-order valence-corrected chi connectivity index (χ4v) is 1.98. The smallest absolute Gasteiger partial charge is 0.256 e. The van der Waals surface area contributed by atoms with Gasteiger partial charge < -0.3 is 10.4 Å². The Bertz CT molecular complexity index is 621. The van der Waals surface area contributed by atoms with Gasteiger partial charge >= 0.3 is 0 Å².